The number of amides is 1. The van der Waals surface area contributed by atoms with E-state index in [0.717, 1.165) is 5.56 Å². The molecule has 2 N–H and O–H groups in total. The number of nitrogens with one attached hydrogen (secondary N) is 1. The lowest BCUT2D eigenvalue weighted by atomic mass is 10.1. The zero-order chi connectivity index (χ0) is 13.7. The monoisotopic (exact) mass is 320 g/mol. The molecule has 1 atom stereocenters. The minimum atomic E-state index is -0.725. The summed E-state index contributed by atoms with van der Waals surface area (Å²) in [5.74, 6) is -0.309. The number of aliphatic hydroxyl groups excluding tert-OH is 1. The molecule has 0 saturated carbocycles. The number of aliphatic hydroxyl groups is 1. The molecule has 0 aliphatic heterocycles. The normalized spacial score (nSPS) is 11.9. The van der Waals surface area contributed by atoms with Crippen LogP contribution in [0.15, 0.2) is 53.1 Å². The molecule has 0 spiro atoms. The van der Waals surface area contributed by atoms with Gasteiger partial charge in [0.05, 0.1) is 6.10 Å². The quantitative estimate of drug-likeness (QED) is 0.850. The first-order valence-electron chi connectivity index (χ1n) is 5.80. The summed E-state index contributed by atoms with van der Waals surface area (Å²) in [6.07, 6.45) is -0.725. The van der Waals surface area contributed by atoms with Gasteiger partial charge in [0, 0.05) is 6.54 Å². The number of hydrogen-bond acceptors (Lipinski definition) is 3. The van der Waals surface area contributed by atoms with Crippen molar-refractivity contribution in [2.45, 2.75) is 6.10 Å². The van der Waals surface area contributed by atoms with Gasteiger partial charge < -0.3 is 10.4 Å². The third kappa shape index (κ3) is 3.87. The van der Waals surface area contributed by atoms with Gasteiger partial charge in [-0.1, -0.05) is 36.4 Å². The summed E-state index contributed by atoms with van der Waals surface area (Å²) < 4.78 is 0.601. The molecule has 1 unspecified atom stereocenters. The average molecular weight is 321 g/mol. The molecule has 1 amide bonds. The predicted octanol–water partition coefficient (Wildman–Crippen LogP) is 2.31. The average Bonchev–Trinajstić information content (AvgIpc) is 2.45. The first-order chi connectivity index (χ1) is 9.16. The van der Waals surface area contributed by atoms with Crippen LogP contribution >= 0.6 is 15.9 Å². The van der Waals surface area contributed by atoms with Crippen molar-refractivity contribution in [3.8, 4) is 0 Å². The molecular formula is C14H13BrN2O2. The van der Waals surface area contributed by atoms with Crippen LogP contribution in [0.25, 0.3) is 0 Å². The van der Waals surface area contributed by atoms with Crippen molar-refractivity contribution in [2.75, 3.05) is 6.54 Å². The predicted molar refractivity (Wildman–Crippen MR) is 75.7 cm³/mol. The van der Waals surface area contributed by atoms with E-state index in [2.05, 4.69) is 26.2 Å². The summed E-state index contributed by atoms with van der Waals surface area (Å²) in [6, 6.07) is 14.3. The second kappa shape index (κ2) is 6.45. The van der Waals surface area contributed by atoms with Gasteiger partial charge in [0.15, 0.2) is 0 Å². The Balaban J connectivity index is 1.94. The van der Waals surface area contributed by atoms with E-state index >= 15 is 0 Å². The van der Waals surface area contributed by atoms with Crippen LogP contribution in [0.5, 0.6) is 0 Å². The highest BCUT2D eigenvalue weighted by molar-refractivity contribution is 9.10. The van der Waals surface area contributed by atoms with Crippen molar-refractivity contribution in [1.29, 1.82) is 0 Å². The molecule has 1 aromatic carbocycles. The van der Waals surface area contributed by atoms with E-state index in [1.54, 1.807) is 18.2 Å². The summed E-state index contributed by atoms with van der Waals surface area (Å²) in [5.41, 5.74) is 1.08. The van der Waals surface area contributed by atoms with Gasteiger partial charge in [-0.3, -0.25) is 4.79 Å². The van der Waals surface area contributed by atoms with Gasteiger partial charge >= 0.3 is 0 Å². The molecule has 0 aliphatic carbocycles. The second-order valence-electron chi connectivity index (χ2n) is 3.98. The maximum Gasteiger partial charge on any atom is 0.270 e. The Morgan fingerprint density at radius 1 is 1.21 bits per heavy atom. The molecular weight excluding hydrogens is 308 g/mol. The van der Waals surface area contributed by atoms with Crippen molar-refractivity contribution < 1.29 is 9.90 Å². The molecule has 4 nitrogen and oxygen atoms in total. The van der Waals surface area contributed by atoms with Crippen LogP contribution in [-0.4, -0.2) is 22.5 Å². The maximum absolute atomic E-state index is 11.8. The van der Waals surface area contributed by atoms with Gasteiger partial charge in [-0.15, -0.1) is 0 Å². The Labute approximate surface area is 119 Å². The van der Waals surface area contributed by atoms with Crippen molar-refractivity contribution in [3.63, 3.8) is 0 Å². The van der Waals surface area contributed by atoms with Gasteiger partial charge in [-0.05, 0) is 33.6 Å². The number of benzene rings is 1. The third-order valence-corrected chi connectivity index (χ3v) is 3.03. The summed E-state index contributed by atoms with van der Waals surface area (Å²) in [4.78, 5) is 15.9. The van der Waals surface area contributed by atoms with Crippen LogP contribution in [0, 0.1) is 0 Å². The fraction of sp³-hybridized carbons (Fsp3) is 0.143. The second-order valence-corrected chi connectivity index (χ2v) is 4.79. The zero-order valence-electron chi connectivity index (χ0n) is 10.1. The van der Waals surface area contributed by atoms with Gasteiger partial charge in [-0.25, -0.2) is 4.98 Å². The first kappa shape index (κ1) is 13.7. The van der Waals surface area contributed by atoms with Gasteiger partial charge in [-0.2, -0.15) is 0 Å². The van der Waals surface area contributed by atoms with E-state index in [1.807, 2.05) is 30.3 Å². The summed E-state index contributed by atoms with van der Waals surface area (Å²) in [6.45, 7) is 0.150. The SMILES string of the molecule is O=C(NCC(O)c1ccccc1)c1cccc(Br)n1. The number of halogens is 1. The Kier molecular flexibility index (Phi) is 4.65. The van der Waals surface area contributed by atoms with Crippen LogP contribution in [0.3, 0.4) is 0 Å². The fourth-order valence-corrected chi connectivity index (χ4v) is 1.95. The number of rotatable bonds is 4. The molecule has 0 aliphatic rings. The fourth-order valence-electron chi connectivity index (χ4n) is 1.61. The van der Waals surface area contributed by atoms with Crippen molar-refractivity contribution in [3.05, 3.63) is 64.4 Å². The molecule has 2 rings (SSSR count). The molecule has 98 valence electrons. The van der Waals surface area contributed by atoms with E-state index in [9.17, 15) is 9.90 Å². The van der Waals surface area contributed by atoms with Crippen LogP contribution in [0.1, 0.15) is 22.2 Å². The van der Waals surface area contributed by atoms with E-state index in [-0.39, 0.29) is 12.5 Å². The third-order valence-electron chi connectivity index (χ3n) is 2.59. The van der Waals surface area contributed by atoms with Gasteiger partial charge in [0.2, 0.25) is 0 Å². The molecule has 19 heavy (non-hydrogen) atoms. The lowest BCUT2D eigenvalue weighted by Gasteiger charge is -2.11. The maximum atomic E-state index is 11.8. The smallest absolute Gasteiger partial charge is 0.270 e. The number of aromatic nitrogens is 1. The molecule has 0 fully saturated rings. The first-order valence-corrected chi connectivity index (χ1v) is 6.60. The standard InChI is InChI=1S/C14H13BrN2O2/c15-13-8-4-7-11(17-13)14(19)16-9-12(18)10-5-2-1-3-6-10/h1-8,12,18H,9H2,(H,16,19). The number of carbonyl (C=O) groups excluding carboxylic acids is 1. The minimum absolute atomic E-state index is 0.150. The number of nitrogens with zero attached hydrogens (tertiary/aromatic N) is 1. The lowest BCUT2D eigenvalue weighted by molar-refractivity contribution is 0.0911. The van der Waals surface area contributed by atoms with Crippen LogP contribution in [0.2, 0.25) is 0 Å². The molecule has 0 bridgehead atoms. The van der Waals surface area contributed by atoms with Crippen LogP contribution < -0.4 is 5.32 Å². The van der Waals surface area contributed by atoms with Crippen LogP contribution in [0.4, 0.5) is 0 Å². The minimum Gasteiger partial charge on any atom is -0.387 e. The Morgan fingerprint density at radius 2 is 1.95 bits per heavy atom. The van der Waals surface area contributed by atoms with E-state index < -0.39 is 6.10 Å². The zero-order valence-corrected chi connectivity index (χ0v) is 11.7. The Morgan fingerprint density at radius 3 is 2.63 bits per heavy atom. The molecule has 1 heterocycles. The van der Waals surface area contributed by atoms with Crippen molar-refractivity contribution in [1.82, 2.24) is 10.3 Å². The Hall–Kier alpha value is -1.72. The highest BCUT2D eigenvalue weighted by Gasteiger charge is 2.11. The number of pyridine rings is 1. The lowest BCUT2D eigenvalue weighted by Crippen LogP contribution is -2.29. The van der Waals surface area contributed by atoms with Crippen LogP contribution in [-0.2, 0) is 0 Å². The molecule has 0 radical (unpaired) electrons. The highest BCUT2D eigenvalue weighted by atomic mass is 79.9. The summed E-state index contributed by atoms with van der Waals surface area (Å²) in [5, 5.41) is 12.6. The van der Waals surface area contributed by atoms with Crippen molar-refractivity contribution in [2.24, 2.45) is 0 Å². The van der Waals surface area contributed by atoms with E-state index in [0.29, 0.717) is 10.3 Å². The Bertz CT molecular complexity index is 560. The molecule has 1 aromatic heterocycles. The highest BCUT2D eigenvalue weighted by Crippen LogP contribution is 2.11. The molecule has 5 heteroatoms. The largest absolute Gasteiger partial charge is 0.387 e. The number of carbonyl (C=O) groups is 1. The van der Waals surface area contributed by atoms with E-state index in [4.69, 9.17) is 0 Å². The molecule has 2 aromatic rings. The summed E-state index contributed by atoms with van der Waals surface area (Å²) in [7, 11) is 0. The summed E-state index contributed by atoms with van der Waals surface area (Å²) >= 11 is 3.21. The number of hydrogen-bond donors (Lipinski definition) is 2. The van der Waals surface area contributed by atoms with E-state index in [1.165, 1.54) is 0 Å². The van der Waals surface area contributed by atoms with Gasteiger partial charge in [0.25, 0.3) is 5.91 Å². The topological polar surface area (TPSA) is 62.2 Å². The van der Waals surface area contributed by atoms with Gasteiger partial charge in [0.1, 0.15) is 10.3 Å². The van der Waals surface area contributed by atoms with Crippen molar-refractivity contribution >= 4 is 21.8 Å². The molecule has 0 saturated heterocycles.